The lowest BCUT2D eigenvalue weighted by molar-refractivity contribution is -0.128. The van der Waals surface area contributed by atoms with E-state index < -0.39 is 0 Å². The lowest BCUT2D eigenvalue weighted by atomic mass is 10.1. The van der Waals surface area contributed by atoms with Crippen LogP contribution in [0, 0.1) is 5.82 Å². The van der Waals surface area contributed by atoms with E-state index in [-0.39, 0.29) is 11.7 Å². The summed E-state index contributed by atoms with van der Waals surface area (Å²) in [5.41, 5.74) is 3.87. The Bertz CT molecular complexity index is 940. The molecule has 1 amide bonds. The van der Waals surface area contributed by atoms with E-state index in [9.17, 15) is 9.18 Å². The zero-order chi connectivity index (χ0) is 17.9. The lowest BCUT2D eigenvalue weighted by Crippen LogP contribution is -2.23. The van der Waals surface area contributed by atoms with Gasteiger partial charge in [-0.15, -0.1) is 0 Å². The second kappa shape index (κ2) is 7.12. The number of benzene rings is 2. The standard InChI is InChI=1S/C21H20FN3O/c22-17-7-8-18-19(9-10-23-20(18)12-17)24-13-15-3-5-16(6-4-15)14-25-11-1-2-21(25)26/h3-10,12H,1-2,11,13-14H2,(H,23,24). The maximum absolute atomic E-state index is 13.3. The molecule has 3 aromatic rings. The highest BCUT2D eigenvalue weighted by Crippen LogP contribution is 2.23. The number of aromatic nitrogens is 1. The first-order valence-electron chi connectivity index (χ1n) is 8.83. The molecule has 0 unspecified atom stereocenters. The first-order chi connectivity index (χ1) is 12.7. The predicted octanol–water partition coefficient (Wildman–Crippen LogP) is 4.11. The van der Waals surface area contributed by atoms with Gasteiger partial charge in [0.1, 0.15) is 5.82 Å². The van der Waals surface area contributed by atoms with Gasteiger partial charge < -0.3 is 10.2 Å². The quantitative estimate of drug-likeness (QED) is 0.754. The molecule has 5 heteroatoms. The molecule has 26 heavy (non-hydrogen) atoms. The second-order valence-electron chi connectivity index (χ2n) is 6.61. The third kappa shape index (κ3) is 3.52. The van der Waals surface area contributed by atoms with Crippen molar-refractivity contribution in [2.24, 2.45) is 0 Å². The fourth-order valence-electron chi connectivity index (χ4n) is 3.33. The average molecular weight is 349 g/mol. The zero-order valence-corrected chi connectivity index (χ0v) is 14.4. The number of rotatable bonds is 5. The summed E-state index contributed by atoms with van der Waals surface area (Å²) in [6.45, 7) is 2.21. The Morgan fingerprint density at radius 1 is 1.08 bits per heavy atom. The van der Waals surface area contributed by atoms with E-state index in [1.807, 2.05) is 11.0 Å². The van der Waals surface area contributed by atoms with Crippen molar-refractivity contribution in [3.63, 3.8) is 0 Å². The number of likely N-dealkylation sites (tertiary alicyclic amines) is 1. The van der Waals surface area contributed by atoms with E-state index in [1.165, 1.54) is 12.1 Å². The van der Waals surface area contributed by atoms with Crippen LogP contribution in [0.3, 0.4) is 0 Å². The first kappa shape index (κ1) is 16.5. The van der Waals surface area contributed by atoms with Gasteiger partial charge in [-0.05, 0) is 35.7 Å². The number of pyridine rings is 1. The van der Waals surface area contributed by atoms with Crippen LogP contribution in [0.1, 0.15) is 24.0 Å². The minimum atomic E-state index is -0.283. The van der Waals surface area contributed by atoms with Gasteiger partial charge in [0.25, 0.3) is 0 Å². The molecule has 4 rings (SSSR count). The van der Waals surface area contributed by atoms with Crippen molar-refractivity contribution in [2.45, 2.75) is 25.9 Å². The highest BCUT2D eigenvalue weighted by Gasteiger charge is 2.19. The van der Waals surface area contributed by atoms with E-state index >= 15 is 0 Å². The summed E-state index contributed by atoms with van der Waals surface area (Å²) in [6, 6.07) is 14.8. The predicted molar refractivity (Wildman–Crippen MR) is 100 cm³/mol. The summed E-state index contributed by atoms with van der Waals surface area (Å²) in [4.78, 5) is 17.8. The molecule has 1 saturated heterocycles. The number of anilines is 1. The number of hydrogen-bond acceptors (Lipinski definition) is 3. The topological polar surface area (TPSA) is 45.2 Å². The van der Waals surface area contributed by atoms with Gasteiger partial charge in [-0.1, -0.05) is 24.3 Å². The van der Waals surface area contributed by atoms with Gasteiger partial charge in [0.05, 0.1) is 5.52 Å². The van der Waals surface area contributed by atoms with Gasteiger partial charge in [0, 0.05) is 49.4 Å². The van der Waals surface area contributed by atoms with Gasteiger partial charge in [0.2, 0.25) is 5.91 Å². The van der Waals surface area contributed by atoms with Crippen LogP contribution >= 0.6 is 0 Å². The number of halogens is 1. The molecule has 1 aromatic heterocycles. The van der Waals surface area contributed by atoms with Crippen LogP contribution in [0.25, 0.3) is 10.9 Å². The number of hydrogen-bond donors (Lipinski definition) is 1. The normalized spacial score (nSPS) is 14.2. The highest BCUT2D eigenvalue weighted by molar-refractivity contribution is 5.90. The van der Waals surface area contributed by atoms with Crippen LogP contribution in [0.2, 0.25) is 0 Å². The number of carbonyl (C=O) groups excluding carboxylic acids is 1. The van der Waals surface area contributed by atoms with Crippen molar-refractivity contribution in [1.82, 2.24) is 9.88 Å². The van der Waals surface area contributed by atoms with Crippen LogP contribution < -0.4 is 5.32 Å². The van der Waals surface area contributed by atoms with E-state index in [0.717, 1.165) is 35.2 Å². The molecule has 0 aliphatic carbocycles. The Morgan fingerprint density at radius 2 is 1.88 bits per heavy atom. The molecule has 0 bridgehead atoms. The van der Waals surface area contributed by atoms with E-state index in [1.54, 1.807) is 12.3 Å². The molecule has 1 N–H and O–H groups in total. The molecule has 1 fully saturated rings. The Labute approximate surface area is 151 Å². The number of amides is 1. The third-order valence-electron chi connectivity index (χ3n) is 4.76. The average Bonchev–Trinajstić information content (AvgIpc) is 3.05. The molecule has 0 atom stereocenters. The molecule has 0 saturated carbocycles. The Kier molecular flexibility index (Phi) is 4.52. The molecular weight excluding hydrogens is 329 g/mol. The third-order valence-corrected chi connectivity index (χ3v) is 4.76. The highest BCUT2D eigenvalue weighted by atomic mass is 19.1. The molecule has 132 valence electrons. The van der Waals surface area contributed by atoms with Crippen molar-refractivity contribution in [3.05, 3.63) is 71.7 Å². The smallest absolute Gasteiger partial charge is 0.222 e. The van der Waals surface area contributed by atoms with Crippen molar-refractivity contribution >= 4 is 22.5 Å². The molecule has 0 spiro atoms. The number of fused-ring (bicyclic) bond motifs is 1. The van der Waals surface area contributed by atoms with Crippen LogP contribution in [0.15, 0.2) is 54.7 Å². The molecule has 4 nitrogen and oxygen atoms in total. The second-order valence-corrected chi connectivity index (χ2v) is 6.61. The fraction of sp³-hybridized carbons (Fsp3) is 0.238. The molecule has 1 aliphatic rings. The monoisotopic (exact) mass is 349 g/mol. The summed E-state index contributed by atoms with van der Waals surface area (Å²) in [7, 11) is 0. The van der Waals surface area contributed by atoms with Gasteiger partial charge in [-0.25, -0.2) is 4.39 Å². The van der Waals surface area contributed by atoms with E-state index in [4.69, 9.17) is 0 Å². The van der Waals surface area contributed by atoms with Crippen molar-refractivity contribution < 1.29 is 9.18 Å². The summed E-state index contributed by atoms with van der Waals surface area (Å²) in [5, 5.41) is 4.30. The van der Waals surface area contributed by atoms with Gasteiger partial charge in [-0.2, -0.15) is 0 Å². The fourth-order valence-corrected chi connectivity index (χ4v) is 3.33. The van der Waals surface area contributed by atoms with Gasteiger partial charge in [0.15, 0.2) is 0 Å². The van der Waals surface area contributed by atoms with E-state index in [2.05, 4.69) is 34.6 Å². The molecule has 0 radical (unpaired) electrons. The van der Waals surface area contributed by atoms with Gasteiger partial charge >= 0.3 is 0 Å². The summed E-state index contributed by atoms with van der Waals surface area (Å²) in [6.07, 6.45) is 3.32. The van der Waals surface area contributed by atoms with Crippen molar-refractivity contribution in [2.75, 3.05) is 11.9 Å². The maximum atomic E-state index is 13.3. The SMILES string of the molecule is O=C1CCCN1Cc1ccc(CNc2ccnc3cc(F)ccc23)cc1. The Hall–Kier alpha value is -2.95. The number of nitrogens with one attached hydrogen (secondary N) is 1. The van der Waals surface area contributed by atoms with Crippen molar-refractivity contribution in [1.29, 1.82) is 0 Å². The summed E-state index contributed by atoms with van der Waals surface area (Å²) in [5.74, 6) is -0.0361. The zero-order valence-electron chi connectivity index (χ0n) is 14.4. The Balaban J connectivity index is 1.43. The molecule has 2 aromatic carbocycles. The minimum absolute atomic E-state index is 0.247. The van der Waals surface area contributed by atoms with Crippen LogP contribution in [-0.2, 0) is 17.9 Å². The first-order valence-corrected chi connectivity index (χ1v) is 8.83. The Morgan fingerprint density at radius 3 is 2.65 bits per heavy atom. The van der Waals surface area contributed by atoms with Crippen LogP contribution in [-0.4, -0.2) is 22.3 Å². The molecule has 2 heterocycles. The minimum Gasteiger partial charge on any atom is -0.380 e. The molecule has 1 aliphatic heterocycles. The van der Waals surface area contributed by atoms with Crippen LogP contribution in [0.4, 0.5) is 10.1 Å². The maximum Gasteiger partial charge on any atom is 0.222 e. The van der Waals surface area contributed by atoms with Crippen molar-refractivity contribution in [3.8, 4) is 0 Å². The molecular formula is C21H20FN3O. The van der Waals surface area contributed by atoms with E-state index in [0.29, 0.717) is 25.0 Å². The number of carbonyl (C=O) groups is 1. The number of nitrogens with zero attached hydrogens (tertiary/aromatic N) is 2. The summed E-state index contributed by atoms with van der Waals surface area (Å²) < 4.78 is 13.3. The largest absolute Gasteiger partial charge is 0.380 e. The lowest BCUT2D eigenvalue weighted by Gasteiger charge is -2.16. The van der Waals surface area contributed by atoms with Crippen LogP contribution in [0.5, 0.6) is 0 Å². The van der Waals surface area contributed by atoms with Gasteiger partial charge in [-0.3, -0.25) is 9.78 Å². The summed E-state index contributed by atoms with van der Waals surface area (Å²) >= 11 is 0.